The molecule has 0 aliphatic carbocycles. The first kappa shape index (κ1) is 7.85. The van der Waals surface area contributed by atoms with Crippen LogP contribution in [0.2, 0.25) is 0 Å². The van der Waals surface area contributed by atoms with E-state index < -0.39 is 0 Å². The highest BCUT2D eigenvalue weighted by molar-refractivity contribution is 5.95. The van der Waals surface area contributed by atoms with Crippen molar-refractivity contribution in [2.24, 2.45) is 5.92 Å². The van der Waals surface area contributed by atoms with Crippen LogP contribution < -0.4 is 0 Å². The highest BCUT2D eigenvalue weighted by Gasteiger charge is 2.10. The zero-order chi connectivity index (χ0) is 8.27. The van der Waals surface area contributed by atoms with Gasteiger partial charge in [0.2, 0.25) is 0 Å². The summed E-state index contributed by atoms with van der Waals surface area (Å²) in [7, 11) is 0. The van der Waals surface area contributed by atoms with Gasteiger partial charge in [-0.1, -0.05) is 13.8 Å². The van der Waals surface area contributed by atoms with Crippen LogP contribution in [0.15, 0.2) is 18.6 Å². The maximum atomic E-state index is 11.3. The fraction of sp³-hybridized carbons (Fsp3) is 0.375. The van der Waals surface area contributed by atoms with E-state index in [-0.39, 0.29) is 11.7 Å². The molecular weight excluding hydrogens is 140 g/mol. The predicted molar refractivity (Wildman–Crippen MR) is 41.2 cm³/mol. The van der Waals surface area contributed by atoms with Gasteiger partial charge in [-0.2, -0.15) is 0 Å². The van der Waals surface area contributed by atoms with Crippen molar-refractivity contribution < 1.29 is 4.79 Å². The van der Waals surface area contributed by atoms with Gasteiger partial charge in [0, 0.05) is 12.1 Å². The number of aromatic nitrogens is 2. The van der Waals surface area contributed by atoms with Crippen LogP contribution in [0.5, 0.6) is 0 Å². The Morgan fingerprint density at radius 2 is 2.27 bits per heavy atom. The van der Waals surface area contributed by atoms with Crippen molar-refractivity contribution in [2.75, 3.05) is 0 Å². The third-order valence-electron chi connectivity index (χ3n) is 1.36. The highest BCUT2D eigenvalue weighted by Crippen LogP contribution is 2.02. The molecule has 0 aromatic carbocycles. The van der Waals surface area contributed by atoms with Gasteiger partial charge in [0.1, 0.15) is 12.0 Å². The average Bonchev–Trinajstić information content (AvgIpc) is 2.05. The monoisotopic (exact) mass is 150 g/mol. The van der Waals surface area contributed by atoms with Crippen molar-refractivity contribution >= 4 is 5.78 Å². The number of ketones is 1. The van der Waals surface area contributed by atoms with Gasteiger partial charge in [0.15, 0.2) is 5.78 Å². The van der Waals surface area contributed by atoms with Crippen molar-refractivity contribution in [2.45, 2.75) is 13.8 Å². The molecule has 0 N–H and O–H groups in total. The number of rotatable bonds is 2. The zero-order valence-corrected chi connectivity index (χ0v) is 6.61. The molecule has 0 amide bonds. The van der Waals surface area contributed by atoms with Gasteiger partial charge in [-0.05, 0) is 6.07 Å². The number of hydrogen-bond acceptors (Lipinski definition) is 3. The second-order valence-electron chi connectivity index (χ2n) is 2.61. The lowest BCUT2D eigenvalue weighted by Crippen LogP contribution is -2.09. The Morgan fingerprint density at radius 3 is 2.73 bits per heavy atom. The molecule has 58 valence electrons. The number of hydrogen-bond donors (Lipinski definition) is 0. The molecule has 0 unspecified atom stereocenters. The molecule has 0 aliphatic heterocycles. The predicted octanol–water partition coefficient (Wildman–Crippen LogP) is 1.32. The molecule has 1 aromatic rings. The van der Waals surface area contributed by atoms with Gasteiger partial charge < -0.3 is 0 Å². The quantitative estimate of drug-likeness (QED) is 0.597. The third-order valence-corrected chi connectivity index (χ3v) is 1.36. The van der Waals surface area contributed by atoms with Crippen LogP contribution in [-0.2, 0) is 0 Å². The summed E-state index contributed by atoms with van der Waals surface area (Å²) in [6.07, 6.45) is 2.96. The number of carbonyl (C=O) groups excluding carboxylic acids is 1. The summed E-state index contributed by atoms with van der Waals surface area (Å²) in [6.45, 7) is 3.70. The molecule has 1 rings (SSSR count). The minimum absolute atomic E-state index is 0.00454. The summed E-state index contributed by atoms with van der Waals surface area (Å²) >= 11 is 0. The first-order chi connectivity index (χ1) is 5.22. The Hall–Kier alpha value is -1.25. The molecule has 0 fully saturated rings. The van der Waals surface area contributed by atoms with Crippen molar-refractivity contribution in [3.8, 4) is 0 Å². The van der Waals surface area contributed by atoms with E-state index in [2.05, 4.69) is 9.97 Å². The lowest BCUT2D eigenvalue weighted by Gasteiger charge is -2.00. The Labute approximate surface area is 65.5 Å². The largest absolute Gasteiger partial charge is 0.292 e. The molecule has 11 heavy (non-hydrogen) atoms. The molecule has 1 heterocycles. The van der Waals surface area contributed by atoms with E-state index in [1.54, 1.807) is 12.3 Å². The second kappa shape index (κ2) is 3.23. The van der Waals surface area contributed by atoms with Crippen LogP contribution >= 0.6 is 0 Å². The molecule has 3 heteroatoms. The van der Waals surface area contributed by atoms with Gasteiger partial charge in [-0.3, -0.25) is 4.79 Å². The van der Waals surface area contributed by atoms with Crippen LogP contribution in [0.25, 0.3) is 0 Å². The number of nitrogens with zero attached hydrogens (tertiary/aromatic N) is 2. The van der Waals surface area contributed by atoms with Crippen molar-refractivity contribution in [3.05, 3.63) is 24.3 Å². The normalized spacial score (nSPS) is 10.1. The lowest BCUT2D eigenvalue weighted by molar-refractivity contribution is 0.0934. The lowest BCUT2D eigenvalue weighted by atomic mass is 10.1. The second-order valence-corrected chi connectivity index (χ2v) is 2.61. The highest BCUT2D eigenvalue weighted by atomic mass is 16.1. The van der Waals surface area contributed by atoms with Gasteiger partial charge in [0.05, 0.1) is 0 Å². The first-order valence-electron chi connectivity index (χ1n) is 3.52. The summed E-state index contributed by atoms with van der Waals surface area (Å²) in [6, 6.07) is 1.63. The molecular formula is C8H10N2O. The zero-order valence-electron chi connectivity index (χ0n) is 6.61. The average molecular weight is 150 g/mol. The van der Waals surface area contributed by atoms with Crippen LogP contribution in [0.4, 0.5) is 0 Å². The van der Waals surface area contributed by atoms with E-state index in [0.717, 1.165) is 0 Å². The van der Waals surface area contributed by atoms with Gasteiger partial charge in [0.25, 0.3) is 0 Å². The molecule has 0 spiro atoms. The maximum Gasteiger partial charge on any atom is 0.183 e. The third kappa shape index (κ3) is 1.83. The summed E-state index contributed by atoms with van der Waals surface area (Å²) in [5, 5.41) is 0. The topological polar surface area (TPSA) is 42.9 Å². The van der Waals surface area contributed by atoms with Crippen molar-refractivity contribution in [1.29, 1.82) is 0 Å². The Balaban J connectivity index is 2.86. The van der Waals surface area contributed by atoms with Crippen LogP contribution in [-0.4, -0.2) is 15.8 Å². The minimum atomic E-state index is 0.00454. The smallest absolute Gasteiger partial charge is 0.183 e. The summed E-state index contributed by atoms with van der Waals surface area (Å²) in [5.74, 6) is 0.0669. The summed E-state index contributed by atoms with van der Waals surface area (Å²) < 4.78 is 0. The van der Waals surface area contributed by atoms with Crippen LogP contribution in [0, 0.1) is 5.92 Å². The van der Waals surface area contributed by atoms with E-state index in [0.29, 0.717) is 5.69 Å². The van der Waals surface area contributed by atoms with Gasteiger partial charge >= 0.3 is 0 Å². The van der Waals surface area contributed by atoms with Crippen LogP contribution in [0.3, 0.4) is 0 Å². The molecule has 0 radical (unpaired) electrons. The fourth-order valence-electron chi connectivity index (χ4n) is 0.732. The minimum Gasteiger partial charge on any atom is -0.292 e. The molecule has 0 bridgehead atoms. The molecule has 0 atom stereocenters. The molecule has 3 nitrogen and oxygen atoms in total. The fourth-order valence-corrected chi connectivity index (χ4v) is 0.732. The number of Topliss-reactive ketones (excluding diaryl/α,β-unsaturated/α-hetero) is 1. The van der Waals surface area contributed by atoms with Crippen LogP contribution in [0.1, 0.15) is 24.3 Å². The van der Waals surface area contributed by atoms with E-state index in [1.165, 1.54) is 6.33 Å². The standard InChI is InChI=1S/C8H10N2O/c1-6(2)8(11)7-3-4-9-5-10-7/h3-6H,1-2H3. The van der Waals surface area contributed by atoms with E-state index >= 15 is 0 Å². The molecule has 0 saturated carbocycles. The summed E-state index contributed by atoms with van der Waals surface area (Å²) in [5.41, 5.74) is 0.495. The van der Waals surface area contributed by atoms with E-state index in [9.17, 15) is 4.79 Å². The molecule has 0 aliphatic rings. The summed E-state index contributed by atoms with van der Waals surface area (Å²) in [4.78, 5) is 18.8. The Morgan fingerprint density at radius 1 is 1.55 bits per heavy atom. The SMILES string of the molecule is CC(C)C(=O)c1ccncn1. The molecule has 1 aromatic heterocycles. The van der Waals surface area contributed by atoms with Gasteiger partial charge in [-0.25, -0.2) is 9.97 Å². The first-order valence-corrected chi connectivity index (χ1v) is 3.52. The van der Waals surface area contributed by atoms with Crippen molar-refractivity contribution in [3.63, 3.8) is 0 Å². The molecule has 0 saturated heterocycles. The van der Waals surface area contributed by atoms with E-state index in [1.807, 2.05) is 13.8 Å². The maximum absolute atomic E-state index is 11.3. The Bertz CT molecular complexity index is 244. The van der Waals surface area contributed by atoms with Gasteiger partial charge in [-0.15, -0.1) is 0 Å². The van der Waals surface area contributed by atoms with Crippen molar-refractivity contribution in [1.82, 2.24) is 9.97 Å². The van der Waals surface area contributed by atoms with E-state index in [4.69, 9.17) is 0 Å². The number of carbonyl (C=O) groups is 1. The Kier molecular flexibility index (Phi) is 2.31.